The molecule has 1 heterocycles. The van der Waals surface area contributed by atoms with Gasteiger partial charge in [-0.3, -0.25) is 0 Å². The van der Waals surface area contributed by atoms with Crippen molar-refractivity contribution in [1.29, 1.82) is 0 Å². The largest absolute Gasteiger partial charge is 0.301 e. The van der Waals surface area contributed by atoms with Gasteiger partial charge in [0.15, 0.2) is 0 Å². The molecule has 3 heteroatoms. The maximum atomic E-state index is 5.89. The van der Waals surface area contributed by atoms with Crippen molar-refractivity contribution in [1.82, 2.24) is 9.80 Å². The van der Waals surface area contributed by atoms with Crippen molar-refractivity contribution in [2.24, 2.45) is 0 Å². The molecule has 0 unspecified atom stereocenters. The predicted molar refractivity (Wildman–Crippen MR) is 78.3 cm³/mol. The summed E-state index contributed by atoms with van der Waals surface area (Å²) in [4.78, 5) is 5.14. The topological polar surface area (TPSA) is 6.48 Å². The molecule has 0 atom stereocenters. The third-order valence-corrected chi connectivity index (χ3v) is 3.89. The van der Waals surface area contributed by atoms with E-state index in [2.05, 4.69) is 28.9 Å². The van der Waals surface area contributed by atoms with Gasteiger partial charge in [0.1, 0.15) is 0 Å². The summed E-state index contributed by atoms with van der Waals surface area (Å²) >= 11 is 5.89. The van der Waals surface area contributed by atoms with E-state index in [1.165, 1.54) is 51.3 Å². The minimum absolute atomic E-state index is 0.826. The molecule has 1 aliphatic heterocycles. The molecule has 0 N–H and O–H groups in total. The van der Waals surface area contributed by atoms with Crippen LogP contribution < -0.4 is 0 Å². The lowest BCUT2D eigenvalue weighted by atomic mass is 10.1. The molecule has 0 bridgehead atoms. The Bertz CT molecular complexity index is 342. The Kier molecular flexibility index (Phi) is 5.48. The van der Waals surface area contributed by atoms with E-state index >= 15 is 0 Å². The molecule has 100 valence electrons. The van der Waals surface area contributed by atoms with Gasteiger partial charge in [-0.05, 0) is 37.1 Å². The van der Waals surface area contributed by atoms with Crippen LogP contribution in [0, 0.1) is 0 Å². The number of nitrogens with zero attached hydrogens (tertiary/aromatic N) is 2. The molecular formula is C15H23ClN2. The van der Waals surface area contributed by atoms with Crippen molar-refractivity contribution in [2.75, 3.05) is 39.3 Å². The van der Waals surface area contributed by atoms with Gasteiger partial charge in [0.25, 0.3) is 0 Å². The standard InChI is InChI=1S/C15H23ClN2/c1-2-8-17-10-12-18(13-11-17)9-7-14-3-5-15(16)6-4-14/h3-6H,2,7-13H2,1H3. The normalized spacial score (nSPS) is 18.1. The van der Waals surface area contributed by atoms with Gasteiger partial charge in [-0.1, -0.05) is 30.7 Å². The Morgan fingerprint density at radius 3 is 2.06 bits per heavy atom. The zero-order valence-corrected chi connectivity index (χ0v) is 12.0. The minimum Gasteiger partial charge on any atom is -0.301 e. The van der Waals surface area contributed by atoms with Crippen LogP contribution in [-0.2, 0) is 6.42 Å². The summed E-state index contributed by atoms with van der Waals surface area (Å²) in [5.74, 6) is 0. The summed E-state index contributed by atoms with van der Waals surface area (Å²) in [6.07, 6.45) is 2.40. The van der Waals surface area contributed by atoms with E-state index in [-0.39, 0.29) is 0 Å². The van der Waals surface area contributed by atoms with Crippen molar-refractivity contribution < 1.29 is 0 Å². The quantitative estimate of drug-likeness (QED) is 0.809. The minimum atomic E-state index is 0.826. The molecule has 1 aliphatic rings. The Balaban J connectivity index is 1.70. The SMILES string of the molecule is CCCN1CCN(CCc2ccc(Cl)cc2)CC1. The highest BCUT2D eigenvalue weighted by Gasteiger charge is 2.15. The molecular weight excluding hydrogens is 244 g/mol. The number of benzene rings is 1. The van der Waals surface area contributed by atoms with Crippen LogP contribution in [0.4, 0.5) is 0 Å². The predicted octanol–water partition coefficient (Wildman–Crippen LogP) is 2.91. The van der Waals surface area contributed by atoms with E-state index in [1.807, 2.05) is 12.1 Å². The van der Waals surface area contributed by atoms with Crippen LogP contribution in [-0.4, -0.2) is 49.1 Å². The molecule has 1 fully saturated rings. The van der Waals surface area contributed by atoms with Crippen molar-refractivity contribution >= 4 is 11.6 Å². The van der Waals surface area contributed by atoms with Gasteiger partial charge in [-0.2, -0.15) is 0 Å². The van der Waals surface area contributed by atoms with Crippen molar-refractivity contribution in [3.05, 3.63) is 34.9 Å². The molecule has 1 aromatic rings. The molecule has 18 heavy (non-hydrogen) atoms. The third kappa shape index (κ3) is 4.27. The second kappa shape index (κ2) is 7.13. The van der Waals surface area contributed by atoms with Crippen LogP contribution in [0.25, 0.3) is 0 Å². The average molecular weight is 267 g/mol. The fourth-order valence-corrected chi connectivity index (χ4v) is 2.62. The van der Waals surface area contributed by atoms with E-state index in [0.717, 1.165) is 11.4 Å². The maximum absolute atomic E-state index is 5.89. The lowest BCUT2D eigenvalue weighted by Gasteiger charge is -2.34. The monoisotopic (exact) mass is 266 g/mol. The van der Waals surface area contributed by atoms with Crippen molar-refractivity contribution in [3.8, 4) is 0 Å². The Hall–Kier alpha value is -0.570. The number of hydrogen-bond acceptors (Lipinski definition) is 2. The van der Waals surface area contributed by atoms with Crippen molar-refractivity contribution in [3.63, 3.8) is 0 Å². The van der Waals surface area contributed by atoms with Crippen LogP contribution >= 0.6 is 11.6 Å². The van der Waals surface area contributed by atoms with Gasteiger partial charge in [-0.15, -0.1) is 0 Å². The van der Waals surface area contributed by atoms with Gasteiger partial charge in [-0.25, -0.2) is 0 Å². The van der Waals surface area contributed by atoms with Gasteiger partial charge < -0.3 is 9.80 Å². The van der Waals surface area contributed by atoms with Gasteiger partial charge in [0.05, 0.1) is 0 Å². The smallest absolute Gasteiger partial charge is 0.0406 e. The first-order chi connectivity index (χ1) is 8.78. The molecule has 1 saturated heterocycles. The summed E-state index contributed by atoms with van der Waals surface area (Å²) in [6, 6.07) is 8.23. The summed E-state index contributed by atoms with van der Waals surface area (Å²) in [6.45, 7) is 9.57. The molecule has 0 spiro atoms. The molecule has 0 aliphatic carbocycles. The van der Waals surface area contributed by atoms with Gasteiger partial charge in [0.2, 0.25) is 0 Å². The first kappa shape index (κ1) is 13.9. The summed E-state index contributed by atoms with van der Waals surface area (Å²) < 4.78 is 0. The molecule has 0 amide bonds. The van der Waals surface area contributed by atoms with Crippen LogP contribution in [0.15, 0.2) is 24.3 Å². The van der Waals surface area contributed by atoms with Crippen LogP contribution in [0.1, 0.15) is 18.9 Å². The van der Waals surface area contributed by atoms with Gasteiger partial charge >= 0.3 is 0 Å². The van der Waals surface area contributed by atoms with Crippen molar-refractivity contribution in [2.45, 2.75) is 19.8 Å². The Labute approximate surface area is 116 Å². The second-order valence-electron chi connectivity index (χ2n) is 5.06. The maximum Gasteiger partial charge on any atom is 0.0406 e. The Morgan fingerprint density at radius 1 is 0.944 bits per heavy atom. The van der Waals surface area contributed by atoms with Gasteiger partial charge in [0, 0.05) is 37.7 Å². The molecule has 2 rings (SSSR count). The lowest BCUT2D eigenvalue weighted by Crippen LogP contribution is -2.46. The second-order valence-corrected chi connectivity index (χ2v) is 5.50. The van der Waals surface area contributed by atoms with E-state index in [4.69, 9.17) is 11.6 Å². The van der Waals surface area contributed by atoms with Crippen LogP contribution in [0.3, 0.4) is 0 Å². The number of halogens is 1. The number of hydrogen-bond donors (Lipinski definition) is 0. The van der Waals surface area contributed by atoms with E-state index in [0.29, 0.717) is 0 Å². The summed E-state index contributed by atoms with van der Waals surface area (Å²) in [5, 5.41) is 0.826. The fourth-order valence-electron chi connectivity index (χ4n) is 2.49. The first-order valence-corrected chi connectivity index (χ1v) is 7.35. The summed E-state index contributed by atoms with van der Waals surface area (Å²) in [7, 11) is 0. The third-order valence-electron chi connectivity index (χ3n) is 3.63. The van der Waals surface area contributed by atoms with E-state index in [1.54, 1.807) is 0 Å². The molecule has 2 nitrogen and oxygen atoms in total. The lowest BCUT2D eigenvalue weighted by molar-refractivity contribution is 0.133. The number of piperazine rings is 1. The highest BCUT2D eigenvalue weighted by atomic mass is 35.5. The summed E-state index contributed by atoms with van der Waals surface area (Å²) in [5.41, 5.74) is 1.38. The van der Waals surface area contributed by atoms with E-state index < -0.39 is 0 Å². The Morgan fingerprint density at radius 2 is 1.50 bits per heavy atom. The molecule has 0 saturated carbocycles. The molecule has 1 aromatic carbocycles. The first-order valence-electron chi connectivity index (χ1n) is 6.97. The highest BCUT2D eigenvalue weighted by molar-refractivity contribution is 6.30. The zero-order chi connectivity index (χ0) is 12.8. The zero-order valence-electron chi connectivity index (χ0n) is 11.2. The highest BCUT2D eigenvalue weighted by Crippen LogP contribution is 2.11. The van der Waals surface area contributed by atoms with Crippen LogP contribution in [0.5, 0.6) is 0 Å². The average Bonchev–Trinajstić information content (AvgIpc) is 2.40. The van der Waals surface area contributed by atoms with E-state index in [9.17, 15) is 0 Å². The molecule has 0 radical (unpaired) electrons. The molecule has 0 aromatic heterocycles. The number of rotatable bonds is 5. The van der Waals surface area contributed by atoms with Crippen LogP contribution in [0.2, 0.25) is 5.02 Å². The fraction of sp³-hybridized carbons (Fsp3) is 0.600.